The predicted molar refractivity (Wildman–Crippen MR) is 72.8 cm³/mol. The summed E-state index contributed by atoms with van der Waals surface area (Å²) in [6.07, 6.45) is 0. The third kappa shape index (κ3) is 2.12. The lowest BCUT2D eigenvalue weighted by atomic mass is 9.98. The molecule has 2 nitrogen and oxygen atoms in total. The first-order chi connectivity index (χ1) is 9.29. The zero-order valence-corrected chi connectivity index (χ0v) is 10.6. The molecule has 1 unspecified atom stereocenters. The Morgan fingerprint density at radius 2 is 2.00 bits per heavy atom. The number of fused-ring (bicyclic) bond motifs is 1. The van der Waals surface area contributed by atoms with Crippen molar-refractivity contribution in [1.82, 2.24) is 0 Å². The first-order valence-electron chi connectivity index (χ1n) is 6.35. The summed E-state index contributed by atoms with van der Waals surface area (Å²) >= 11 is 0. The summed E-state index contributed by atoms with van der Waals surface area (Å²) in [5.41, 5.74) is 2.91. The van der Waals surface area contributed by atoms with Gasteiger partial charge in [-0.15, -0.1) is 0 Å². The lowest BCUT2D eigenvalue weighted by Crippen LogP contribution is -2.03. The lowest BCUT2D eigenvalue weighted by Gasteiger charge is -2.09. The minimum Gasteiger partial charge on any atom is -0.478 e. The molecule has 0 saturated carbocycles. The Bertz CT molecular complexity index is 636. The fourth-order valence-corrected chi connectivity index (χ4v) is 2.37. The zero-order chi connectivity index (χ0) is 13.2. The van der Waals surface area contributed by atoms with Gasteiger partial charge in [-0.3, -0.25) is 0 Å². The van der Waals surface area contributed by atoms with Crippen LogP contribution in [0.15, 0.2) is 53.5 Å². The molecule has 0 aromatic heterocycles. The van der Waals surface area contributed by atoms with Crippen LogP contribution in [0.5, 0.6) is 0 Å². The fourth-order valence-electron chi connectivity index (χ4n) is 2.37. The van der Waals surface area contributed by atoms with Crippen molar-refractivity contribution in [3.05, 3.63) is 71.0 Å². The Morgan fingerprint density at radius 1 is 1.16 bits per heavy atom. The Balaban J connectivity index is 2.08. The highest BCUT2D eigenvalue weighted by Crippen LogP contribution is 2.35. The smallest absolute Gasteiger partial charge is 0.217 e. The first kappa shape index (κ1) is 11.9. The van der Waals surface area contributed by atoms with E-state index in [-0.39, 0.29) is 11.9 Å². The molecular weight excluding hydrogens is 241 g/mol. The highest BCUT2D eigenvalue weighted by Gasteiger charge is 2.27. The van der Waals surface area contributed by atoms with Gasteiger partial charge >= 0.3 is 0 Å². The normalized spacial score (nSPS) is 16.9. The molecule has 19 heavy (non-hydrogen) atoms. The third-order valence-electron chi connectivity index (χ3n) is 3.18. The second kappa shape index (κ2) is 4.84. The Hall–Kier alpha value is -2.16. The molecule has 3 heteroatoms. The van der Waals surface area contributed by atoms with Gasteiger partial charge in [0.05, 0.1) is 6.61 Å². The summed E-state index contributed by atoms with van der Waals surface area (Å²) in [6, 6.07) is 14.3. The van der Waals surface area contributed by atoms with Crippen molar-refractivity contribution in [1.29, 1.82) is 0 Å². The molecule has 0 aliphatic carbocycles. The maximum absolute atomic E-state index is 13.4. The molecule has 0 fully saturated rings. The van der Waals surface area contributed by atoms with E-state index in [1.165, 1.54) is 12.1 Å². The van der Waals surface area contributed by atoms with Gasteiger partial charge in [-0.05, 0) is 36.2 Å². The van der Waals surface area contributed by atoms with Crippen molar-refractivity contribution in [2.45, 2.75) is 13.0 Å². The molecular formula is C16H14FNO. The number of hydrogen-bond donors (Lipinski definition) is 0. The van der Waals surface area contributed by atoms with Crippen LogP contribution < -0.4 is 0 Å². The van der Waals surface area contributed by atoms with E-state index in [9.17, 15) is 4.39 Å². The van der Waals surface area contributed by atoms with Gasteiger partial charge < -0.3 is 4.74 Å². The zero-order valence-electron chi connectivity index (χ0n) is 10.6. The molecule has 96 valence electrons. The molecule has 2 aromatic carbocycles. The molecule has 0 bridgehead atoms. The van der Waals surface area contributed by atoms with E-state index in [0.29, 0.717) is 12.5 Å². The molecule has 1 atom stereocenters. The number of hydrogen-bond acceptors (Lipinski definition) is 2. The summed E-state index contributed by atoms with van der Waals surface area (Å²) in [5.74, 6) is 0.405. The van der Waals surface area contributed by atoms with Gasteiger partial charge in [0.25, 0.3) is 0 Å². The third-order valence-corrected chi connectivity index (χ3v) is 3.18. The van der Waals surface area contributed by atoms with Crippen molar-refractivity contribution in [3.8, 4) is 0 Å². The van der Waals surface area contributed by atoms with Crippen LogP contribution in [0.1, 0.15) is 29.7 Å². The molecule has 3 rings (SSSR count). The van der Waals surface area contributed by atoms with Crippen LogP contribution in [0.4, 0.5) is 4.39 Å². The fraction of sp³-hybridized carbons (Fsp3) is 0.188. The number of nitrogens with zero attached hydrogens (tertiary/aromatic N) is 1. The van der Waals surface area contributed by atoms with E-state index in [4.69, 9.17) is 4.74 Å². The molecule has 0 spiro atoms. The molecule has 0 radical (unpaired) electrons. The van der Waals surface area contributed by atoms with Crippen LogP contribution in [0.2, 0.25) is 0 Å². The number of halogens is 1. The van der Waals surface area contributed by atoms with Crippen LogP contribution in [0, 0.1) is 5.82 Å². The van der Waals surface area contributed by atoms with Crippen LogP contribution in [0.3, 0.4) is 0 Å². The van der Waals surface area contributed by atoms with Crippen molar-refractivity contribution in [2.75, 3.05) is 6.61 Å². The Kier molecular flexibility index (Phi) is 3.03. The molecule has 1 aliphatic rings. The first-order valence-corrected chi connectivity index (χ1v) is 6.35. The lowest BCUT2D eigenvalue weighted by molar-refractivity contribution is 0.328. The summed E-state index contributed by atoms with van der Waals surface area (Å²) in [7, 11) is 0. The highest BCUT2D eigenvalue weighted by atomic mass is 19.1. The molecule has 2 aromatic rings. The quantitative estimate of drug-likeness (QED) is 0.801. The molecule has 0 N–H and O–H groups in total. The van der Waals surface area contributed by atoms with Crippen LogP contribution >= 0.6 is 0 Å². The predicted octanol–water partition coefficient (Wildman–Crippen LogP) is 3.71. The Morgan fingerprint density at radius 3 is 2.79 bits per heavy atom. The number of ether oxygens (including phenoxy) is 1. The number of rotatable bonds is 2. The minimum absolute atomic E-state index is 0.173. The maximum Gasteiger partial charge on any atom is 0.217 e. The number of benzene rings is 2. The average Bonchev–Trinajstić information content (AvgIpc) is 2.79. The molecule has 1 heterocycles. The number of aliphatic imine (C=N–C) groups is 1. The van der Waals surface area contributed by atoms with Gasteiger partial charge in [0.1, 0.15) is 11.9 Å². The maximum atomic E-state index is 13.4. The van der Waals surface area contributed by atoms with E-state index in [1.807, 2.05) is 37.3 Å². The van der Waals surface area contributed by atoms with Crippen LogP contribution in [-0.4, -0.2) is 12.5 Å². The monoisotopic (exact) mass is 255 g/mol. The Labute approximate surface area is 111 Å². The van der Waals surface area contributed by atoms with Gasteiger partial charge in [0.15, 0.2) is 0 Å². The van der Waals surface area contributed by atoms with E-state index in [0.717, 1.165) is 16.7 Å². The summed E-state index contributed by atoms with van der Waals surface area (Å²) < 4.78 is 18.9. The van der Waals surface area contributed by atoms with Gasteiger partial charge in [-0.2, -0.15) is 0 Å². The van der Waals surface area contributed by atoms with E-state index < -0.39 is 0 Å². The highest BCUT2D eigenvalue weighted by molar-refractivity contribution is 5.98. The van der Waals surface area contributed by atoms with Crippen molar-refractivity contribution in [2.24, 2.45) is 4.99 Å². The van der Waals surface area contributed by atoms with Crippen LogP contribution in [-0.2, 0) is 4.74 Å². The van der Waals surface area contributed by atoms with Gasteiger partial charge in [-0.25, -0.2) is 9.38 Å². The molecule has 0 amide bonds. The average molecular weight is 255 g/mol. The standard InChI is InChI=1S/C16H14FNO/c1-2-19-16-14-9-4-3-8-13(14)15(18-16)11-6-5-7-12(17)10-11/h3-10,15H,2H2,1H3. The van der Waals surface area contributed by atoms with Gasteiger partial charge in [-0.1, -0.05) is 30.3 Å². The largest absolute Gasteiger partial charge is 0.478 e. The summed E-state index contributed by atoms with van der Waals surface area (Å²) in [6.45, 7) is 2.50. The van der Waals surface area contributed by atoms with Crippen molar-refractivity contribution < 1.29 is 9.13 Å². The van der Waals surface area contributed by atoms with Gasteiger partial charge in [0.2, 0.25) is 5.90 Å². The van der Waals surface area contributed by atoms with Crippen molar-refractivity contribution >= 4 is 5.90 Å². The molecule has 0 saturated heterocycles. The summed E-state index contributed by atoms with van der Waals surface area (Å²) in [5, 5.41) is 0. The van der Waals surface area contributed by atoms with E-state index >= 15 is 0 Å². The molecule has 1 aliphatic heterocycles. The summed E-state index contributed by atoms with van der Waals surface area (Å²) in [4.78, 5) is 4.58. The van der Waals surface area contributed by atoms with E-state index in [2.05, 4.69) is 4.99 Å². The van der Waals surface area contributed by atoms with Gasteiger partial charge in [0, 0.05) is 5.56 Å². The minimum atomic E-state index is -0.241. The second-order valence-corrected chi connectivity index (χ2v) is 4.41. The van der Waals surface area contributed by atoms with Crippen molar-refractivity contribution in [3.63, 3.8) is 0 Å². The van der Waals surface area contributed by atoms with E-state index in [1.54, 1.807) is 6.07 Å². The SMILES string of the molecule is CCOC1=NC(c2cccc(F)c2)c2ccccc21. The van der Waals surface area contributed by atoms with Crippen LogP contribution in [0.25, 0.3) is 0 Å². The topological polar surface area (TPSA) is 21.6 Å². The second-order valence-electron chi connectivity index (χ2n) is 4.41.